The molecular formula is C56H67FN12O10S. The molecule has 5 heterocycles. The van der Waals surface area contributed by atoms with E-state index in [2.05, 4.69) is 46.5 Å². The Hall–Kier alpha value is -8.06. The summed E-state index contributed by atoms with van der Waals surface area (Å²) in [5, 5.41) is 25.7. The van der Waals surface area contributed by atoms with Gasteiger partial charge in [0.2, 0.25) is 35.5 Å². The molecule has 0 saturated carbocycles. The average molecular weight is 1120 g/mol. The zero-order valence-corrected chi connectivity index (χ0v) is 46.6. The van der Waals surface area contributed by atoms with Gasteiger partial charge in [0.1, 0.15) is 35.1 Å². The highest BCUT2D eigenvalue weighted by Crippen LogP contribution is 2.39. The third-order valence-electron chi connectivity index (χ3n) is 13.8. The van der Waals surface area contributed by atoms with E-state index in [1.807, 2.05) is 58.0 Å². The molecule has 22 nitrogen and oxygen atoms in total. The smallest absolute Gasteiger partial charge is 0.256 e. The van der Waals surface area contributed by atoms with Crippen molar-refractivity contribution >= 4 is 86.6 Å². The van der Waals surface area contributed by atoms with Crippen molar-refractivity contribution in [3.05, 3.63) is 101 Å². The number of amides is 6. The molecule has 3 aromatic heterocycles. The number of aliphatic hydroxyl groups excluding tert-OH is 1. The van der Waals surface area contributed by atoms with Gasteiger partial charge in [-0.05, 0) is 65.8 Å². The van der Waals surface area contributed by atoms with Crippen LogP contribution in [0.1, 0.15) is 67.2 Å². The fourth-order valence-corrected chi connectivity index (χ4v) is 10.3. The number of nitrogens with zero attached hydrogens (tertiary/aromatic N) is 6. The van der Waals surface area contributed by atoms with Crippen LogP contribution in [0.25, 0.3) is 21.5 Å². The summed E-state index contributed by atoms with van der Waals surface area (Å²) < 4.78 is 31.8. The minimum atomic E-state index is -0.991. The van der Waals surface area contributed by atoms with Crippen LogP contribution in [0.5, 0.6) is 5.75 Å². The van der Waals surface area contributed by atoms with E-state index < -0.39 is 53.0 Å². The van der Waals surface area contributed by atoms with E-state index in [0.717, 1.165) is 27.3 Å². The molecule has 2 aliphatic rings. The van der Waals surface area contributed by atoms with Crippen LogP contribution in [0.3, 0.4) is 0 Å². The van der Waals surface area contributed by atoms with Crippen molar-refractivity contribution in [1.29, 1.82) is 0 Å². The van der Waals surface area contributed by atoms with Gasteiger partial charge >= 0.3 is 0 Å². The molecule has 3 atom stereocenters. The zero-order valence-electron chi connectivity index (χ0n) is 45.7. The second-order valence-electron chi connectivity index (χ2n) is 20.5. The van der Waals surface area contributed by atoms with Gasteiger partial charge in [-0.1, -0.05) is 51.1 Å². The lowest BCUT2D eigenvalue weighted by atomic mass is 9.85. The van der Waals surface area contributed by atoms with E-state index in [1.54, 1.807) is 53.2 Å². The first-order chi connectivity index (χ1) is 38.3. The van der Waals surface area contributed by atoms with Crippen molar-refractivity contribution in [2.24, 2.45) is 5.41 Å². The van der Waals surface area contributed by atoms with Gasteiger partial charge < -0.3 is 65.6 Å². The van der Waals surface area contributed by atoms with E-state index in [9.17, 15) is 38.3 Å². The molecule has 424 valence electrons. The number of thiazole rings is 1. The van der Waals surface area contributed by atoms with E-state index in [0.29, 0.717) is 41.1 Å². The van der Waals surface area contributed by atoms with Crippen LogP contribution < -0.4 is 36.2 Å². The highest BCUT2D eigenvalue weighted by Gasteiger charge is 2.44. The lowest BCUT2D eigenvalue weighted by Gasteiger charge is -2.35. The van der Waals surface area contributed by atoms with Gasteiger partial charge in [0, 0.05) is 58.5 Å². The summed E-state index contributed by atoms with van der Waals surface area (Å²) in [5.74, 6) is -2.35. The molecule has 80 heavy (non-hydrogen) atoms. The van der Waals surface area contributed by atoms with Gasteiger partial charge in [0.15, 0.2) is 0 Å². The molecule has 24 heteroatoms. The molecule has 6 amide bonds. The number of fused-ring (bicyclic) bond motifs is 2. The Morgan fingerprint density at radius 2 is 1.71 bits per heavy atom. The summed E-state index contributed by atoms with van der Waals surface area (Å²) in [6, 6.07) is 15.5. The molecule has 3 aromatic carbocycles. The number of halogens is 1. The third-order valence-corrected chi connectivity index (χ3v) is 14.8. The van der Waals surface area contributed by atoms with Crippen LogP contribution in [0, 0.1) is 18.2 Å². The van der Waals surface area contributed by atoms with Crippen LogP contribution in [0.2, 0.25) is 0 Å². The molecule has 1 fully saturated rings. The number of aromatic amines is 1. The predicted molar refractivity (Wildman–Crippen MR) is 299 cm³/mol. The number of likely N-dealkylation sites (tertiary alicyclic amines) is 1. The van der Waals surface area contributed by atoms with Crippen LogP contribution in [-0.4, -0.2) is 156 Å². The summed E-state index contributed by atoms with van der Waals surface area (Å²) in [7, 11) is 4.47. The molecule has 0 unspecified atom stereocenters. The number of likely N-dealkylation sites (N-methyl/N-ethyl adjacent to an activating group) is 1. The van der Waals surface area contributed by atoms with Crippen molar-refractivity contribution in [3.8, 4) is 16.2 Å². The Kier molecular flexibility index (Phi) is 18.7. The Morgan fingerprint density at radius 3 is 2.41 bits per heavy atom. The Balaban J connectivity index is 0.761. The number of ether oxygens (including phenoxy) is 3. The molecule has 0 bridgehead atoms. The quantitative estimate of drug-likeness (QED) is 0.0398. The summed E-state index contributed by atoms with van der Waals surface area (Å²) in [5.41, 5.74) is 6.30. The molecule has 6 aromatic rings. The van der Waals surface area contributed by atoms with E-state index in [1.165, 1.54) is 36.1 Å². The van der Waals surface area contributed by atoms with Gasteiger partial charge in [0.05, 0.1) is 91.0 Å². The van der Waals surface area contributed by atoms with Crippen molar-refractivity contribution < 1.29 is 52.5 Å². The molecule has 7 N–H and O–H groups in total. The molecule has 8 rings (SSSR count). The summed E-state index contributed by atoms with van der Waals surface area (Å²) in [6.07, 6.45) is 1.33. The maximum absolute atomic E-state index is 14.8. The second kappa shape index (κ2) is 25.8. The summed E-state index contributed by atoms with van der Waals surface area (Å²) in [6.45, 7) is 8.12. The van der Waals surface area contributed by atoms with Gasteiger partial charge in [-0.3, -0.25) is 28.8 Å². The topological polar surface area (TPSA) is 275 Å². The fraction of sp³-hybridized carbons (Fsp3) is 0.411. The lowest BCUT2D eigenvalue weighted by Crippen LogP contribution is -2.57. The minimum absolute atomic E-state index is 0.00324. The molecule has 0 aliphatic carbocycles. The highest BCUT2D eigenvalue weighted by molar-refractivity contribution is 7.13. The minimum Gasteiger partial charge on any atom is -0.495 e. The number of aromatic nitrogens is 4. The molecule has 0 spiro atoms. The number of hydrogen-bond donors (Lipinski definition) is 7. The lowest BCUT2D eigenvalue weighted by molar-refractivity contribution is -0.144. The number of aryl methyl sites for hydroxylation is 1. The Bertz CT molecular complexity index is 3240. The van der Waals surface area contributed by atoms with E-state index in [4.69, 9.17) is 14.2 Å². The van der Waals surface area contributed by atoms with Crippen LogP contribution in [0.15, 0.2) is 72.4 Å². The third kappa shape index (κ3) is 13.8. The number of carbonyl (C=O) groups is 6. The average Bonchev–Trinajstić information content (AvgIpc) is 4.30. The maximum Gasteiger partial charge on any atom is 0.256 e. The van der Waals surface area contributed by atoms with Crippen molar-refractivity contribution in [1.82, 2.24) is 45.7 Å². The second-order valence-corrected chi connectivity index (χ2v) is 21.4. The monoisotopic (exact) mass is 1120 g/mol. The number of rotatable bonds is 23. The number of carbonyl (C=O) groups excluding carboxylic acids is 6. The van der Waals surface area contributed by atoms with Gasteiger partial charge in [0.25, 0.3) is 5.91 Å². The normalized spacial score (nSPS) is 15.3. The summed E-state index contributed by atoms with van der Waals surface area (Å²) in [4.78, 5) is 102. The maximum atomic E-state index is 14.8. The Labute approximate surface area is 466 Å². The first-order valence-corrected chi connectivity index (χ1v) is 27.1. The largest absolute Gasteiger partial charge is 0.495 e. The number of nitrogens with one attached hydrogen (secondary N) is 6. The number of benzene rings is 3. The van der Waals surface area contributed by atoms with Crippen LogP contribution >= 0.6 is 11.3 Å². The number of aliphatic hydroxyl groups is 1. The SMILES string of the molecule is CNC(=O)c1c(F)cccc1Nc1nc(Nc2cc3c(cc2OC)CCN3C(=O)CN(C)C(=O)CCOCCOCCC(=O)N[C@H](C(=O)N2C[C@H](O)C[C@H]2C(=O)NCc2ccc(-c3scnc3C)cc2)C(C)(C)C)nc2[nH]ccc12. The van der Waals surface area contributed by atoms with Gasteiger partial charge in [-0.25, -0.2) is 9.37 Å². The zero-order chi connectivity index (χ0) is 57.3. The number of methoxy groups -OCH3 is 1. The molecule has 1 saturated heterocycles. The number of anilines is 5. The van der Waals surface area contributed by atoms with Crippen molar-refractivity contribution in [2.75, 3.05) is 82.8 Å². The van der Waals surface area contributed by atoms with Gasteiger partial charge in [-0.2, -0.15) is 9.97 Å². The number of hydrogen-bond acceptors (Lipinski definition) is 16. The van der Waals surface area contributed by atoms with Crippen LogP contribution in [-0.2, 0) is 46.4 Å². The van der Waals surface area contributed by atoms with E-state index >= 15 is 0 Å². The first-order valence-electron chi connectivity index (χ1n) is 26.2. The first kappa shape index (κ1) is 58.1. The standard InChI is InChI=1S/C56H67FN12O10S/c1-32-48(80-31-61-32)34-13-11-33(12-14-34)28-60-52(74)42-26-36(70)29-69(42)54(76)49(56(2,3)4)64-44(71)17-21-78-23-24-79-22-18-45(72)67(6)30-46(73)68-20-16-35-25-43(77-7)40(27-41(35)68)63-55-65-50-37(15-19-59-50)51(66-55)62-39-10-8-9-38(57)47(39)53(75)58-5/h8-15,19,25,27,31,36,42,49,70H,16-18,20-24,26,28-30H2,1-7H3,(H,58,75)(H,60,74)(H,64,71)(H3,59,62,63,65,66)/t36-,42+,49-/m1/s1. The molecular weight excluding hydrogens is 1050 g/mol. The van der Waals surface area contributed by atoms with Gasteiger partial charge in [-0.15, -0.1) is 11.3 Å². The fourth-order valence-electron chi connectivity index (χ4n) is 9.49. The van der Waals surface area contributed by atoms with Crippen LogP contribution in [0.4, 0.5) is 33.2 Å². The van der Waals surface area contributed by atoms with E-state index in [-0.39, 0.29) is 100 Å². The predicted octanol–water partition coefficient (Wildman–Crippen LogP) is 5.35. The number of β-amino-alcohol motifs (C(OH)–C–C–N with tert-alkyl or cyclic N) is 1. The molecule has 0 radical (unpaired) electrons. The summed E-state index contributed by atoms with van der Waals surface area (Å²) >= 11 is 1.56. The van der Waals surface area contributed by atoms with Crippen molar-refractivity contribution in [2.45, 2.75) is 78.1 Å². The van der Waals surface area contributed by atoms with Crippen molar-refractivity contribution in [3.63, 3.8) is 0 Å². The molecule has 2 aliphatic heterocycles. The number of H-pyrrole nitrogens is 1. The highest BCUT2D eigenvalue weighted by atomic mass is 32.1. The Morgan fingerprint density at radius 1 is 0.963 bits per heavy atom.